The van der Waals surface area contributed by atoms with Gasteiger partial charge in [0.1, 0.15) is 9.96 Å². The minimum atomic E-state index is -3.47. The van der Waals surface area contributed by atoms with E-state index in [2.05, 4.69) is 15.9 Å². The third-order valence-corrected chi connectivity index (χ3v) is 7.97. The number of carbonyl (C=O) groups is 1. The molecule has 0 spiro atoms. The summed E-state index contributed by atoms with van der Waals surface area (Å²) in [4.78, 5) is 14.9. The van der Waals surface area contributed by atoms with Crippen molar-refractivity contribution in [3.05, 3.63) is 45.7 Å². The maximum absolute atomic E-state index is 12.6. The van der Waals surface area contributed by atoms with Crippen LogP contribution in [-0.4, -0.2) is 56.3 Å². The van der Waals surface area contributed by atoms with E-state index < -0.39 is 10.0 Å². The van der Waals surface area contributed by atoms with Crippen molar-refractivity contribution in [2.24, 2.45) is 0 Å². The highest BCUT2D eigenvalue weighted by molar-refractivity contribution is 9.10. The molecule has 1 aliphatic heterocycles. The van der Waals surface area contributed by atoms with Crippen molar-refractivity contribution in [2.75, 3.05) is 32.8 Å². The number of aryl methyl sites for hydroxylation is 1. The molecule has 1 fully saturated rings. The number of rotatable bonds is 5. The average Bonchev–Trinajstić information content (AvgIpc) is 3.08. The third kappa shape index (κ3) is 4.46. The molecule has 3 rings (SSSR count). The van der Waals surface area contributed by atoms with Gasteiger partial charge < -0.3 is 9.64 Å². The van der Waals surface area contributed by atoms with Crippen molar-refractivity contribution in [2.45, 2.75) is 11.1 Å². The number of thiophene rings is 1. The topological polar surface area (TPSA) is 66.9 Å². The van der Waals surface area contributed by atoms with Gasteiger partial charge in [0.25, 0.3) is 15.9 Å². The lowest BCUT2D eigenvalue weighted by Crippen LogP contribution is -2.51. The molecule has 0 radical (unpaired) electrons. The Balaban J connectivity index is 1.53. The average molecular weight is 459 g/mol. The lowest BCUT2D eigenvalue weighted by atomic mass is 10.3. The number of amides is 1. The Kier molecular flexibility index (Phi) is 6.01. The Hall–Kier alpha value is -1.42. The van der Waals surface area contributed by atoms with Crippen LogP contribution in [0.25, 0.3) is 0 Å². The summed E-state index contributed by atoms with van der Waals surface area (Å²) in [5, 5.41) is 0. The molecule has 26 heavy (non-hydrogen) atoms. The molecule has 0 bridgehead atoms. The molecule has 1 aromatic heterocycles. The minimum Gasteiger partial charge on any atom is -0.484 e. The fraction of sp³-hybridized carbons (Fsp3) is 0.353. The van der Waals surface area contributed by atoms with E-state index in [1.807, 2.05) is 19.1 Å². The normalized spacial score (nSPS) is 15.8. The number of hydrogen-bond acceptors (Lipinski definition) is 5. The van der Waals surface area contributed by atoms with Gasteiger partial charge in [-0.15, -0.1) is 11.3 Å². The van der Waals surface area contributed by atoms with E-state index in [9.17, 15) is 13.2 Å². The molecule has 0 N–H and O–H groups in total. The summed E-state index contributed by atoms with van der Waals surface area (Å²) < 4.78 is 33.5. The first kappa shape index (κ1) is 19.3. The van der Waals surface area contributed by atoms with Crippen LogP contribution in [0.4, 0.5) is 0 Å². The molecule has 0 atom stereocenters. The number of benzene rings is 1. The van der Waals surface area contributed by atoms with Crippen LogP contribution in [0.15, 0.2) is 45.1 Å². The highest BCUT2D eigenvalue weighted by Crippen LogP contribution is 2.25. The van der Waals surface area contributed by atoms with Crippen LogP contribution in [0.2, 0.25) is 0 Å². The van der Waals surface area contributed by atoms with Crippen LogP contribution in [0.3, 0.4) is 0 Å². The summed E-state index contributed by atoms with van der Waals surface area (Å²) in [6.07, 6.45) is 0. The molecule has 0 aliphatic carbocycles. The number of nitrogens with zero attached hydrogens (tertiary/aromatic N) is 2. The van der Waals surface area contributed by atoms with Crippen molar-refractivity contribution in [1.82, 2.24) is 9.21 Å². The van der Waals surface area contributed by atoms with Gasteiger partial charge in [-0.2, -0.15) is 4.31 Å². The first-order valence-electron chi connectivity index (χ1n) is 8.09. The van der Waals surface area contributed by atoms with Gasteiger partial charge in [0, 0.05) is 35.5 Å². The van der Waals surface area contributed by atoms with E-state index in [0.29, 0.717) is 36.1 Å². The molecule has 0 unspecified atom stereocenters. The van der Waals surface area contributed by atoms with Gasteiger partial charge >= 0.3 is 0 Å². The number of piperazine rings is 1. The fourth-order valence-electron chi connectivity index (χ4n) is 2.62. The Bertz CT molecular complexity index is 872. The van der Waals surface area contributed by atoms with Gasteiger partial charge in [-0.25, -0.2) is 8.42 Å². The van der Waals surface area contributed by atoms with Crippen LogP contribution in [-0.2, 0) is 14.8 Å². The van der Waals surface area contributed by atoms with Crippen molar-refractivity contribution in [3.63, 3.8) is 0 Å². The first-order valence-corrected chi connectivity index (χ1v) is 11.1. The maximum Gasteiger partial charge on any atom is 0.260 e. The van der Waals surface area contributed by atoms with E-state index in [-0.39, 0.29) is 12.5 Å². The molecular weight excluding hydrogens is 440 g/mol. The summed E-state index contributed by atoms with van der Waals surface area (Å²) >= 11 is 4.61. The van der Waals surface area contributed by atoms with E-state index in [1.54, 1.807) is 29.2 Å². The number of sulfonamides is 1. The Labute approximate surface area is 165 Å². The second-order valence-corrected chi connectivity index (χ2v) is 10.3. The van der Waals surface area contributed by atoms with Gasteiger partial charge in [0.2, 0.25) is 0 Å². The minimum absolute atomic E-state index is 0.0570. The van der Waals surface area contributed by atoms with Gasteiger partial charge in [0.15, 0.2) is 6.61 Å². The SMILES string of the molecule is Cc1ccc(S(=O)(=O)N2CCN(C(=O)COc3ccc(Br)cc3)CC2)s1. The summed E-state index contributed by atoms with van der Waals surface area (Å²) in [5.41, 5.74) is 0. The molecule has 1 amide bonds. The third-order valence-electron chi connectivity index (χ3n) is 4.08. The summed E-state index contributed by atoms with van der Waals surface area (Å²) in [7, 11) is -3.47. The molecule has 140 valence electrons. The molecule has 2 heterocycles. The van der Waals surface area contributed by atoms with Crippen molar-refractivity contribution in [3.8, 4) is 5.75 Å². The zero-order valence-corrected chi connectivity index (χ0v) is 17.4. The molecule has 1 aromatic carbocycles. The predicted molar refractivity (Wildman–Crippen MR) is 104 cm³/mol. The predicted octanol–water partition coefficient (Wildman–Crippen LogP) is 2.73. The monoisotopic (exact) mass is 458 g/mol. The van der Waals surface area contributed by atoms with E-state index >= 15 is 0 Å². The van der Waals surface area contributed by atoms with Gasteiger partial charge in [-0.1, -0.05) is 15.9 Å². The standard InChI is InChI=1S/C17H19BrN2O4S2/c1-13-2-7-17(25-13)26(22,23)20-10-8-19(9-11-20)16(21)12-24-15-5-3-14(18)4-6-15/h2-7H,8-12H2,1H3. The largest absolute Gasteiger partial charge is 0.484 e. The summed E-state index contributed by atoms with van der Waals surface area (Å²) in [6.45, 7) is 3.15. The highest BCUT2D eigenvalue weighted by Gasteiger charge is 2.31. The quantitative estimate of drug-likeness (QED) is 0.690. The number of ether oxygens (including phenoxy) is 1. The number of halogens is 1. The van der Waals surface area contributed by atoms with Crippen LogP contribution in [0, 0.1) is 6.92 Å². The van der Waals surface area contributed by atoms with Gasteiger partial charge in [-0.05, 0) is 43.3 Å². The molecule has 1 aliphatic rings. The number of hydrogen-bond donors (Lipinski definition) is 0. The zero-order valence-electron chi connectivity index (χ0n) is 14.2. The fourth-order valence-corrected chi connectivity index (χ4v) is 5.75. The second-order valence-electron chi connectivity index (χ2n) is 5.89. The lowest BCUT2D eigenvalue weighted by Gasteiger charge is -2.33. The van der Waals surface area contributed by atoms with Gasteiger partial charge in [-0.3, -0.25) is 4.79 Å². The smallest absolute Gasteiger partial charge is 0.260 e. The van der Waals surface area contributed by atoms with Crippen LogP contribution in [0.5, 0.6) is 5.75 Å². The lowest BCUT2D eigenvalue weighted by molar-refractivity contribution is -0.134. The van der Waals surface area contributed by atoms with Gasteiger partial charge in [0.05, 0.1) is 0 Å². The molecule has 2 aromatic rings. The van der Waals surface area contributed by atoms with Crippen LogP contribution >= 0.6 is 27.3 Å². The zero-order chi connectivity index (χ0) is 18.7. The van der Waals surface area contributed by atoms with E-state index in [4.69, 9.17) is 4.74 Å². The molecule has 0 saturated carbocycles. The van der Waals surface area contributed by atoms with Crippen LogP contribution in [0.1, 0.15) is 4.88 Å². The second kappa shape index (κ2) is 8.08. The van der Waals surface area contributed by atoms with Crippen molar-refractivity contribution < 1.29 is 17.9 Å². The first-order chi connectivity index (χ1) is 12.4. The highest BCUT2D eigenvalue weighted by atomic mass is 79.9. The van der Waals surface area contributed by atoms with E-state index in [1.165, 1.54) is 15.6 Å². The Morgan fingerprint density at radius 3 is 2.35 bits per heavy atom. The van der Waals surface area contributed by atoms with Crippen molar-refractivity contribution in [1.29, 1.82) is 0 Å². The van der Waals surface area contributed by atoms with Crippen molar-refractivity contribution >= 4 is 43.2 Å². The molecule has 1 saturated heterocycles. The van der Waals surface area contributed by atoms with E-state index in [0.717, 1.165) is 9.35 Å². The Morgan fingerprint density at radius 1 is 1.12 bits per heavy atom. The molecule has 9 heteroatoms. The summed E-state index contributed by atoms with van der Waals surface area (Å²) in [5.74, 6) is 0.479. The molecule has 6 nitrogen and oxygen atoms in total. The maximum atomic E-state index is 12.6. The van der Waals surface area contributed by atoms with Crippen LogP contribution < -0.4 is 4.74 Å². The number of carbonyl (C=O) groups excluding carboxylic acids is 1. The molecular formula is C17H19BrN2O4S2. The Morgan fingerprint density at radius 2 is 1.77 bits per heavy atom. The summed E-state index contributed by atoms with van der Waals surface area (Å²) in [6, 6.07) is 10.7.